The Labute approximate surface area is 421 Å². The molecule has 3 heterocycles. The number of benzene rings is 7. The van der Waals surface area contributed by atoms with E-state index in [-0.39, 0.29) is 43.1 Å². The van der Waals surface area contributed by atoms with Gasteiger partial charge in [0.15, 0.2) is 0 Å². The maximum atomic E-state index is 12.0. The number of imidazole rings is 1. The minimum atomic E-state index is -0.165. The summed E-state index contributed by atoms with van der Waals surface area (Å²) in [6.07, 6.45) is 3.83. The van der Waals surface area contributed by atoms with Crippen molar-refractivity contribution in [3.63, 3.8) is 0 Å². The van der Waals surface area contributed by atoms with Gasteiger partial charge in [0, 0.05) is 62.3 Å². The summed E-state index contributed by atoms with van der Waals surface area (Å²) in [7, 11) is 2.03. The molecule has 1 N–H and O–H groups in total. The fourth-order valence-electron chi connectivity index (χ4n) is 9.83. The summed E-state index contributed by atoms with van der Waals surface area (Å²) in [6, 6.07) is 55.4. The van der Waals surface area contributed by atoms with Crippen molar-refractivity contribution < 1.29 is 26.2 Å². The van der Waals surface area contributed by atoms with Crippen LogP contribution in [-0.2, 0) is 44.4 Å². The largest absolute Gasteiger partial charge is 0.507 e. The smallest absolute Gasteiger partial charge is 0.143 e. The molecule has 10 rings (SSSR count). The van der Waals surface area contributed by atoms with Gasteiger partial charge in [0.25, 0.3) is 0 Å². The van der Waals surface area contributed by atoms with E-state index in [0.717, 1.165) is 78.0 Å². The summed E-state index contributed by atoms with van der Waals surface area (Å²) < 4.78 is 4.37. The molecule has 6 heteroatoms. The number of para-hydroxylation sites is 3. The van der Waals surface area contributed by atoms with Gasteiger partial charge >= 0.3 is 0 Å². The number of hydrogen-bond acceptors (Lipinski definition) is 3. The molecule has 0 spiro atoms. The second-order valence-corrected chi connectivity index (χ2v) is 21.4. The van der Waals surface area contributed by atoms with E-state index in [1.54, 1.807) is 0 Å². The molecule has 0 radical (unpaired) electrons. The van der Waals surface area contributed by atoms with Crippen LogP contribution in [0, 0.1) is 6.07 Å². The molecule has 0 bridgehead atoms. The van der Waals surface area contributed by atoms with Crippen molar-refractivity contribution in [3.05, 3.63) is 187 Å². The van der Waals surface area contributed by atoms with Crippen LogP contribution in [0.2, 0.25) is 0 Å². The summed E-state index contributed by atoms with van der Waals surface area (Å²) in [6.45, 7) is 24.4. The number of hydrogen-bond donors (Lipinski definition) is 1. The molecule has 0 saturated heterocycles. The van der Waals surface area contributed by atoms with Crippen LogP contribution >= 0.6 is 0 Å². The second kappa shape index (κ2) is 17.6. The van der Waals surface area contributed by atoms with E-state index in [1.165, 1.54) is 27.5 Å². The van der Waals surface area contributed by atoms with Gasteiger partial charge < -0.3 is 14.2 Å². The van der Waals surface area contributed by atoms with Crippen LogP contribution < -0.4 is 0 Å². The number of pyridine rings is 1. The number of aromatic hydroxyl groups is 1. The van der Waals surface area contributed by atoms with Crippen molar-refractivity contribution >= 4 is 38.8 Å². The Morgan fingerprint density at radius 2 is 1.33 bits per heavy atom. The molecule has 348 valence electrons. The fourth-order valence-corrected chi connectivity index (χ4v) is 9.83. The van der Waals surface area contributed by atoms with E-state index >= 15 is 0 Å². The summed E-state index contributed by atoms with van der Waals surface area (Å²) in [5.74, 6) is 0.878. The van der Waals surface area contributed by atoms with Crippen LogP contribution in [-0.4, -0.2) is 24.2 Å². The standard InChI is InChI=1S/C63H59N4O.Pt/c1-12-47-36-42-18-16-22-51(59(42)67(47)48-19-14-13-15-20-48)40-30-31-64-54(37-40)44-32-43(34-46(35-44)62(5,6)7)50-21-17-23-55-58(50)65-60(66(55)11)52-27-24-41(38-56(52)68)57-49-28-26-45(61(2,3)4)33-39(49)25-29-53(57)63(8,9)10;/h12-31,33-38,68H,1H2,2-11H3;/q-1;. The Hall–Kier alpha value is -6.81. The first-order valence-electron chi connectivity index (χ1n) is 23.6. The van der Waals surface area contributed by atoms with E-state index in [4.69, 9.17) is 9.97 Å². The summed E-state index contributed by atoms with van der Waals surface area (Å²) in [5, 5.41) is 15.5. The van der Waals surface area contributed by atoms with Gasteiger partial charge in [-0.05, 0) is 103 Å². The quantitative estimate of drug-likeness (QED) is 0.162. The molecule has 0 fully saturated rings. The molecule has 3 aromatic heterocycles. The van der Waals surface area contributed by atoms with Crippen molar-refractivity contribution in [2.24, 2.45) is 7.05 Å². The molecular weight excluding hydrogens is 1020 g/mol. The molecule has 0 aliphatic rings. The minimum Gasteiger partial charge on any atom is -0.507 e. The van der Waals surface area contributed by atoms with Crippen molar-refractivity contribution in [2.75, 3.05) is 0 Å². The molecule has 0 atom stereocenters. The first-order chi connectivity index (χ1) is 32.4. The van der Waals surface area contributed by atoms with Gasteiger partial charge in [-0.1, -0.05) is 171 Å². The Bertz CT molecular complexity index is 3610. The Balaban J connectivity index is 0.00000593. The van der Waals surface area contributed by atoms with Crippen LogP contribution in [0.4, 0.5) is 0 Å². The fraction of sp³-hybridized carbons (Fsp3) is 0.206. The normalized spacial score (nSPS) is 12.2. The average Bonchev–Trinajstić information content (AvgIpc) is 3.87. The van der Waals surface area contributed by atoms with Crippen molar-refractivity contribution in [1.29, 1.82) is 0 Å². The van der Waals surface area contributed by atoms with Gasteiger partial charge in [0.1, 0.15) is 11.6 Å². The number of rotatable bonds is 7. The predicted octanol–water partition coefficient (Wildman–Crippen LogP) is 16.4. The number of fused-ring (bicyclic) bond motifs is 3. The first kappa shape index (κ1) is 47.3. The zero-order valence-corrected chi connectivity index (χ0v) is 43.5. The van der Waals surface area contributed by atoms with Gasteiger partial charge in [0.2, 0.25) is 0 Å². The molecule has 0 aliphatic carbocycles. The topological polar surface area (TPSA) is 55.9 Å². The van der Waals surface area contributed by atoms with Gasteiger partial charge in [-0.15, -0.1) is 29.3 Å². The second-order valence-electron chi connectivity index (χ2n) is 21.4. The number of phenols is 1. The van der Waals surface area contributed by atoms with Crippen molar-refractivity contribution in [3.8, 4) is 67.5 Å². The molecule has 69 heavy (non-hydrogen) atoms. The summed E-state index contributed by atoms with van der Waals surface area (Å²) in [4.78, 5) is 10.3. The Kier molecular flexibility index (Phi) is 12.1. The zero-order valence-electron chi connectivity index (χ0n) is 41.3. The van der Waals surface area contributed by atoms with E-state index in [9.17, 15) is 5.11 Å². The molecular formula is C63H59N4OPt-. The van der Waals surface area contributed by atoms with Gasteiger partial charge in [0.05, 0.1) is 22.1 Å². The third-order valence-corrected chi connectivity index (χ3v) is 13.6. The average molecular weight is 1080 g/mol. The Morgan fingerprint density at radius 1 is 0.609 bits per heavy atom. The number of nitrogens with zero attached hydrogens (tertiary/aromatic N) is 4. The summed E-state index contributed by atoms with van der Waals surface area (Å²) >= 11 is 0. The molecule has 0 unspecified atom stereocenters. The first-order valence-corrected chi connectivity index (χ1v) is 23.6. The third-order valence-electron chi connectivity index (χ3n) is 13.6. The zero-order chi connectivity index (χ0) is 47.9. The van der Waals surface area contributed by atoms with Crippen molar-refractivity contribution in [1.82, 2.24) is 19.1 Å². The minimum absolute atomic E-state index is 0. The molecule has 10 aromatic rings. The predicted molar refractivity (Wildman–Crippen MR) is 287 cm³/mol. The molecule has 0 amide bonds. The molecule has 7 aromatic carbocycles. The maximum Gasteiger partial charge on any atom is 0.143 e. The van der Waals surface area contributed by atoms with Crippen LogP contribution in [0.25, 0.3) is 100 Å². The molecule has 0 aliphatic heterocycles. The third kappa shape index (κ3) is 8.57. The molecule has 0 saturated carbocycles. The van der Waals surface area contributed by atoms with Crippen LogP contribution in [0.1, 0.15) is 84.7 Å². The van der Waals surface area contributed by atoms with E-state index in [2.05, 4.69) is 211 Å². The van der Waals surface area contributed by atoms with Gasteiger partial charge in [-0.2, -0.15) is 0 Å². The van der Waals surface area contributed by atoms with Crippen LogP contribution in [0.3, 0.4) is 0 Å². The van der Waals surface area contributed by atoms with Crippen LogP contribution in [0.5, 0.6) is 5.75 Å². The van der Waals surface area contributed by atoms with E-state index in [0.29, 0.717) is 11.4 Å². The van der Waals surface area contributed by atoms with Gasteiger partial charge in [-0.25, -0.2) is 4.98 Å². The van der Waals surface area contributed by atoms with Crippen molar-refractivity contribution in [2.45, 2.75) is 78.6 Å². The number of aryl methyl sites for hydroxylation is 1. The maximum absolute atomic E-state index is 12.0. The van der Waals surface area contributed by atoms with Crippen LogP contribution in [0.15, 0.2) is 158 Å². The van der Waals surface area contributed by atoms with E-state index < -0.39 is 0 Å². The molecule has 5 nitrogen and oxygen atoms in total. The SMILES string of the molecule is C=Cc1cc2cccc(-c3ccnc(-c4[c-]c(-c5cccc6c5nc(-c5ccc(-c7c(C(C)(C)C)ccc8cc(C(C)(C)C)ccc78)cc5O)n6C)cc(C(C)(C)C)c4)c3)c2n1-c1ccccc1.[Pt]. The van der Waals surface area contributed by atoms with E-state index in [1.807, 2.05) is 37.5 Å². The Morgan fingerprint density at radius 3 is 2.04 bits per heavy atom. The van der Waals surface area contributed by atoms with Gasteiger partial charge in [-0.3, -0.25) is 4.98 Å². The number of phenolic OH excluding ortho intramolecular Hbond substituents is 1. The number of aromatic nitrogens is 4. The monoisotopic (exact) mass is 1080 g/mol. The summed E-state index contributed by atoms with van der Waals surface area (Å²) in [5.41, 5.74) is 17.1.